The Morgan fingerprint density at radius 1 is 1.05 bits per heavy atom. The highest BCUT2D eigenvalue weighted by Gasteiger charge is 2.01. The van der Waals surface area contributed by atoms with Crippen LogP contribution >= 0.6 is 0 Å². The Labute approximate surface area is 124 Å². The highest BCUT2D eigenvalue weighted by atomic mass is 16.5. The average Bonchev–Trinajstić information content (AvgIpc) is 2.53. The van der Waals surface area contributed by atoms with Crippen molar-refractivity contribution >= 4 is 0 Å². The highest BCUT2D eigenvalue weighted by molar-refractivity contribution is 5.41. The molecule has 0 radical (unpaired) electrons. The molecule has 0 fully saturated rings. The molecule has 3 heteroatoms. The Kier molecular flexibility index (Phi) is 5.41. The lowest BCUT2D eigenvalue weighted by Gasteiger charge is -2.08. The van der Waals surface area contributed by atoms with E-state index in [1.165, 1.54) is 0 Å². The third kappa shape index (κ3) is 4.38. The number of rotatable bonds is 4. The van der Waals surface area contributed by atoms with Crippen molar-refractivity contribution in [3.8, 4) is 23.7 Å². The molecule has 0 amide bonds. The van der Waals surface area contributed by atoms with Crippen molar-refractivity contribution in [2.75, 3.05) is 6.61 Å². The molecule has 0 aliphatic heterocycles. The van der Waals surface area contributed by atoms with Crippen LogP contribution < -0.4 is 4.74 Å². The van der Waals surface area contributed by atoms with Gasteiger partial charge < -0.3 is 9.84 Å². The molecular formula is C18H15NO2. The number of nitriles is 1. The van der Waals surface area contributed by atoms with Gasteiger partial charge in [-0.3, -0.25) is 0 Å². The molecule has 1 N–H and O–H groups in total. The van der Waals surface area contributed by atoms with Crippen LogP contribution in [0.2, 0.25) is 0 Å². The Hall–Kier alpha value is -2.75. The molecule has 0 heterocycles. The number of hydrogen-bond acceptors (Lipinski definition) is 3. The number of nitrogens with zero attached hydrogens (tertiary/aromatic N) is 1. The van der Waals surface area contributed by atoms with E-state index in [2.05, 4.69) is 17.9 Å². The monoisotopic (exact) mass is 277 g/mol. The summed E-state index contributed by atoms with van der Waals surface area (Å²) in [6.45, 7) is 0.253. The van der Waals surface area contributed by atoms with Gasteiger partial charge in [-0.15, -0.1) is 0 Å². The molecule has 0 saturated carbocycles. The predicted molar refractivity (Wildman–Crippen MR) is 80.5 cm³/mol. The topological polar surface area (TPSA) is 53.2 Å². The van der Waals surface area contributed by atoms with Crippen LogP contribution in [0.25, 0.3) is 0 Å². The minimum absolute atomic E-state index is 0.157. The Morgan fingerprint density at radius 3 is 2.52 bits per heavy atom. The maximum absolute atomic E-state index is 8.77. The van der Waals surface area contributed by atoms with Crippen molar-refractivity contribution in [3.63, 3.8) is 0 Å². The number of benzene rings is 2. The molecule has 0 spiro atoms. The molecule has 0 unspecified atom stereocenters. The summed E-state index contributed by atoms with van der Waals surface area (Å²) in [7, 11) is 0. The van der Waals surface area contributed by atoms with E-state index in [1.54, 1.807) is 0 Å². The van der Waals surface area contributed by atoms with Gasteiger partial charge in [-0.2, -0.15) is 5.26 Å². The fourth-order valence-corrected chi connectivity index (χ4v) is 1.86. The van der Waals surface area contributed by atoms with Crippen LogP contribution in [0.4, 0.5) is 0 Å². The number of ether oxygens (including phenoxy) is 1. The average molecular weight is 277 g/mol. The molecule has 21 heavy (non-hydrogen) atoms. The first-order valence-electron chi connectivity index (χ1n) is 6.60. The molecule has 2 aromatic rings. The van der Waals surface area contributed by atoms with Gasteiger partial charge in [-0.25, -0.2) is 0 Å². The molecule has 0 aliphatic rings. The largest absolute Gasteiger partial charge is 0.489 e. The molecule has 2 aromatic carbocycles. The van der Waals surface area contributed by atoms with Crippen molar-refractivity contribution in [1.29, 1.82) is 5.26 Å². The second-order valence-electron chi connectivity index (χ2n) is 4.38. The van der Waals surface area contributed by atoms with E-state index in [0.717, 1.165) is 22.4 Å². The van der Waals surface area contributed by atoms with Crippen LogP contribution in [-0.4, -0.2) is 11.7 Å². The van der Waals surface area contributed by atoms with E-state index in [-0.39, 0.29) is 6.61 Å². The van der Waals surface area contributed by atoms with Crippen LogP contribution in [0.15, 0.2) is 48.5 Å². The Bertz CT molecular complexity index is 688. The summed E-state index contributed by atoms with van der Waals surface area (Å²) in [6, 6.07) is 17.3. The van der Waals surface area contributed by atoms with Crippen LogP contribution in [0.5, 0.6) is 5.75 Å². The normalized spacial score (nSPS) is 9.33. The zero-order chi connectivity index (χ0) is 14.9. The van der Waals surface area contributed by atoms with Gasteiger partial charge in [0, 0.05) is 11.1 Å². The SMILES string of the molecule is N#CCc1ccc(OCc2ccccc2C#CCO)cc1. The van der Waals surface area contributed by atoms with Crippen LogP contribution in [-0.2, 0) is 13.0 Å². The summed E-state index contributed by atoms with van der Waals surface area (Å²) in [5.74, 6) is 6.30. The van der Waals surface area contributed by atoms with E-state index in [4.69, 9.17) is 15.1 Å². The van der Waals surface area contributed by atoms with Crippen LogP contribution in [0.1, 0.15) is 16.7 Å². The Balaban J connectivity index is 2.04. The van der Waals surface area contributed by atoms with Crippen molar-refractivity contribution in [3.05, 3.63) is 65.2 Å². The van der Waals surface area contributed by atoms with Gasteiger partial charge in [0.25, 0.3) is 0 Å². The summed E-state index contributed by atoms with van der Waals surface area (Å²) in [5, 5.41) is 17.4. The van der Waals surface area contributed by atoms with Crippen molar-refractivity contribution in [1.82, 2.24) is 0 Å². The van der Waals surface area contributed by atoms with Crippen LogP contribution in [0, 0.1) is 23.2 Å². The second-order valence-corrected chi connectivity index (χ2v) is 4.38. The van der Waals surface area contributed by atoms with Gasteiger partial charge in [0.15, 0.2) is 0 Å². The number of hydrogen-bond donors (Lipinski definition) is 1. The molecule has 0 bridgehead atoms. The first-order valence-corrected chi connectivity index (χ1v) is 6.60. The van der Waals surface area contributed by atoms with Gasteiger partial charge in [0.1, 0.15) is 19.0 Å². The van der Waals surface area contributed by atoms with E-state index >= 15 is 0 Å². The maximum atomic E-state index is 8.77. The molecular weight excluding hydrogens is 262 g/mol. The van der Waals surface area contributed by atoms with Crippen molar-refractivity contribution in [2.24, 2.45) is 0 Å². The molecule has 0 saturated heterocycles. The van der Waals surface area contributed by atoms with Gasteiger partial charge in [0.2, 0.25) is 0 Å². The third-order valence-electron chi connectivity index (χ3n) is 2.92. The lowest BCUT2D eigenvalue weighted by Crippen LogP contribution is -1.98. The lowest BCUT2D eigenvalue weighted by atomic mass is 10.1. The summed E-state index contributed by atoms with van der Waals surface area (Å²) in [4.78, 5) is 0. The van der Waals surface area contributed by atoms with E-state index in [1.807, 2.05) is 48.5 Å². The molecule has 104 valence electrons. The minimum Gasteiger partial charge on any atom is -0.489 e. The summed E-state index contributed by atoms with van der Waals surface area (Å²) < 4.78 is 5.73. The zero-order valence-corrected chi connectivity index (χ0v) is 11.5. The van der Waals surface area contributed by atoms with E-state index < -0.39 is 0 Å². The highest BCUT2D eigenvalue weighted by Crippen LogP contribution is 2.16. The standard InChI is InChI=1S/C18H15NO2/c19-12-11-15-7-9-18(10-8-15)21-14-17-5-2-1-4-16(17)6-3-13-20/h1-2,4-5,7-10,20H,11,13-14H2. The molecule has 0 aromatic heterocycles. The summed E-state index contributed by atoms with van der Waals surface area (Å²) >= 11 is 0. The smallest absolute Gasteiger partial charge is 0.119 e. The van der Waals surface area contributed by atoms with E-state index in [0.29, 0.717) is 13.0 Å². The quantitative estimate of drug-likeness (QED) is 0.874. The number of aliphatic hydroxyl groups is 1. The summed E-state index contributed by atoms with van der Waals surface area (Å²) in [5.41, 5.74) is 2.80. The predicted octanol–water partition coefficient (Wildman–Crippen LogP) is 2.68. The first-order chi connectivity index (χ1) is 10.3. The second kappa shape index (κ2) is 7.75. The fourth-order valence-electron chi connectivity index (χ4n) is 1.86. The van der Waals surface area contributed by atoms with Crippen molar-refractivity contribution < 1.29 is 9.84 Å². The van der Waals surface area contributed by atoms with Crippen molar-refractivity contribution in [2.45, 2.75) is 13.0 Å². The Morgan fingerprint density at radius 2 is 1.81 bits per heavy atom. The maximum Gasteiger partial charge on any atom is 0.119 e. The van der Waals surface area contributed by atoms with Gasteiger partial charge in [0.05, 0.1) is 12.5 Å². The summed E-state index contributed by atoms with van der Waals surface area (Å²) in [6.07, 6.45) is 0.403. The molecule has 0 aliphatic carbocycles. The van der Waals surface area contributed by atoms with Crippen LogP contribution in [0.3, 0.4) is 0 Å². The van der Waals surface area contributed by atoms with Gasteiger partial charge >= 0.3 is 0 Å². The lowest BCUT2D eigenvalue weighted by molar-refractivity contribution is 0.306. The van der Waals surface area contributed by atoms with Gasteiger partial charge in [-0.05, 0) is 23.8 Å². The fraction of sp³-hybridized carbons (Fsp3) is 0.167. The minimum atomic E-state index is -0.157. The molecule has 0 atom stereocenters. The van der Waals surface area contributed by atoms with E-state index in [9.17, 15) is 0 Å². The zero-order valence-electron chi connectivity index (χ0n) is 11.5. The first kappa shape index (κ1) is 14.7. The third-order valence-corrected chi connectivity index (χ3v) is 2.92. The number of aliphatic hydroxyl groups excluding tert-OH is 1. The molecule has 3 nitrogen and oxygen atoms in total. The molecule has 2 rings (SSSR count). The van der Waals surface area contributed by atoms with Gasteiger partial charge in [-0.1, -0.05) is 42.2 Å².